The first kappa shape index (κ1) is 15.0. The van der Waals surface area contributed by atoms with Crippen LogP contribution in [-0.2, 0) is 6.42 Å². The van der Waals surface area contributed by atoms with Crippen LogP contribution in [-0.4, -0.2) is 24.3 Å². The Bertz CT molecular complexity index is 357. The van der Waals surface area contributed by atoms with Crippen molar-refractivity contribution < 1.29 is 5.11 Å². The van der Waals surface area contributed by atoms with Crippen molar-refractivity contribution in [1.82, 2.24) is 5.32 Å². The topological polar surface area (TPSA) is 32.3 Å². The van der Waals surface area contributed by atoms with Crippen molar-refractivity contribution in [3.05, 3.63) is 33.3 Å². The van der Waals surface area contributed by atoms with Crippen molar-refractivity contribution in [1.29, 1.82) is 0 Å². The SMILES string of the molecule is CC(C)CNCC(O)Cc1ccc(Br)cc1Cl. The molecule has 96 valence electrons. The second-order valence-electron chi connectivity index (χ2n) is 4.65. The molecule has 0 heterocycles. The average molecular weight is 321 g/mol. The lowest BCUT2D eigenvalue weighted by Crippen LogP contribution is -2.30. The standard InChI is InChI=1S/C13H19BrClNO/c1-9(2)7-16-8-12(17)5-10-3-4-11(14)6-13(10)15/h3-4,6,9,12,16-17H,5,7-8H2,1-2H3. The summed E-state index contributed by atoms with van der Waals surface area (Å²) in [4.78, 5) is 0. The molecule has 0 saturated carbocycles. The van der Waals surface area contributed by atoms with E-state index in [-0.39, 0.29) is 0 Å². The summed E-state index contributed by atoms with van der Waals surface area (Å²) in [7, 11) is 0. The third kappa shape index (κ3) is 5.87. The molecule has 1 aromatic carbocycles. The number of benzene rings is 1. The Morgan fingerprint density at radius 3 is 2.65 bits per heavy atom. The summed E-state index contributed by atoms with van der Waals surface area (Å²) >= 11 is 9.46. The maximum Gasteiger partial charge on any atom is 0.0705 e. The van der Waals surface area contributed by atoms with Crippen LogP contribution in [0, 0.1) is 5.92 Å². The van der Waals surface area contributed by atoms with Gasteiger partial charge in [0, 0.05) is 22.5 Å². The summed E-state index contributed by atoms with van der Waals surface area (Å²) < 4.78 is 0.957. The Morgan fingerprint density at radius 1 is 1.35 bits per heavy atom. The summed E-state index contributed by atoms with van der Waals surface area (Å²) in [6, 6.07) is 5.73. The molecule has 0 spiro atoms. The fourth-order valence-electron chi connectivity index (χ4n) is 1.55. The zero-order valence-corrected chi connectivity index (χ0v) is 12.6. The smallest absolute Gasteiger partial charge is 0.0705 e. The molecular formula is C13H19BrClNO. The van der Waals surface area contributed by atoms with E-state index in [9.17, 15) is 5.11 Å². The molecule has 0 aromatic heterocycles. The lowest BCUT2D eigenvalue weighted by atomic mass is 10.1. The maximum atomic E-state index is 9.88. The number of halogens is 2. The van der Waals surface area contributed by atoms with E-state index >= 15 is 0 Å². The predicted octanol–water partition coefficient (Wildman–Crippen LogP) is 3.25. The van der Waals surface area contributed by atoms with Crippen molar-refractivity contribution in [3.63, 3.8) is 0 Å². The molecule has 0 saturated heterocycles. The number of aliphatic hydroxyl groups is 1. The molecular weight excluding hydrogens is 302 g/mol. The Hall–Kier alpha value is -0.0900. The fourth-order valence-corrected chi connectivity index (χ4v) is 2.30. The second-order valence-corrected chi connectivity index (χ2v) is 5.97. The van der Waals surface area contributed by atoms with Crippen molar-refractivity contribution in [2.75, 3.05) is 13.1 Å². The van der Waals surface area contributed by atoms with Crippen LogP contribution in [0.25, 0.3) is 0 Å². The molecule has 0 bridgehead atoms. The molecule has 0 aliphatic carbocycles. The maximum absolute atomic E-state index is 9.88. The zero-order chi connectivity index (χ0) is 12.8. The first-order valence-corrected chi connectivity index (χ1v) is 6.99. The highest BCUT2D eigenvalue weighted by molar-refractivity contribution is 9.10. The molecule has 17 heavy (non-hydrogen) atoms. The third-order valence-corrected chi connectivity index (χ3v) is 3.25. The van der Waals surface area contributed by atoms with Gasteiger partial charge in [0.25, 0.3) is 0 Å². The van der Waals surface area contributed by atoms with Crippen LogP contribution in [0.4, 0.5) is 0 Å². The van der Waals surface area contributed by atoms with Gasteiger partial charge in [0.05, 0.1) is 6.10 Å². The van der Waals surface area contributed by atoms with Crippen LogP contribution < -0.4 is 5.32 Å². The van der Waals surface area contributed by atoms with Crippen LogP contribution >= 0.6 is 27.5 Å². The summed E-state index contributed by atoms with van der Waals surface area (Å²) in [5, 5.41) is 13.8. The van der Waals surface area contributed by atoms with E-state index < -0.39 is 6.10 Å². The normalized spacial score (nSPS) is 13.1. The van der Waals surface area contributed by atoms with Crippen LogP contribution in [0.3, 0.4) is 0 Å². The van der Waals surface area contributed by atoms with Crippen LogP contribution in [0.2, 0.25) is 5.02 Å². The Morgan fingerprint density at radius 2 is 2.06 bits per heavy atom. The van der Waals surface area contributed by atoms with Gasteiger partial charge in [-0.3, -0.25) is 0 Å². The highest BCUT2D eigenvalue weighted by Crippen LogP contribution is 2.22. The van der Waals surface area contributed by atoms with Gasteiger partial charge < -0.3 is 10.4 Å². The fraction of sp³-hybridized carbons (Fsp3) is 0.538. The van der Waals surface area contributed by atoms with Gasteiger partial charge in [-0.1, -0.05) is 47.4 Å². The average Bonchev–Trinajstić information content (AvgIpc) is 2.21. The van der Waals surface area contributed by atoms with Gasteiger partial charge in [0.15, 0.2) is 0 Å². The summed E-state index contributed by atoms with van der Waals surface area (Å²) in [5.41, 5.74) is 0.980. The molecule has 0 aliphatic heterocycles. The minimum atomic E-state index is -0.396. The van der Waals surface area contributed by atoms with E-state index in [0.717, 1.165) is 16.6 Å². The third-order valence-electron chi connectivity index (χ3n) is 2.40. The zero-order valence-electron chi connectivity index (χ0n) is 10.2. The first-order chi connectivity index (χ1) is 7.99. The number of nitrogens with one attached hydrogen (secondary N) is 1. The van der Waals surface area contributed by atoms with E-state index in [1.807, 2.05) is 18.2 Å². The van der Waals surface area contributed by atoms with Crippen molar-refractivity contribution in [3.8, 4) is 0 Å². The molecule has 1 atom stereocenters. The monoisotopic (exact) mass is 319 g/mol. The predicted molar refractivity (Wildman–Crippen MR) is 76.6 cm³/mol. The van der Waals surface area contributed by atoms with Crippen molar-refractivity contribution in [2.45, 2.75) is 26.4 Å². The Balaban J connectivity index is 2.42. The molecule has 2 nitrogen and oxygen atoms in total. The molecule has 0 aliphatic rings. The number of rotatable bonds is 6. The van der Waals surface area contributed by atoms with Gasteiger partial charge in [-0.25, -0.2) is 0 Å². The van der Waals surface area contributed by atoms with E-state index in [4.69, 9.17) is 11.6 Å². The highest BCUT2D eigenvalue weighted by Gasteiger charge is 2.08. The Kier molecular flexibility index (Phi) is 6.49. The van der Waals surface area contributed by atoms with E-state index in [2.05, 4.69) is 35.1 Å². The largest absolute Gasteiger partial charge is 0.391 e. The molecule has 2 N–H and O–H groups in total. The minimum Gasteiger partial charge on any atom is -0.391 e. The van der Waals surface area contributed by atoms with Gasteiger partial charge in [0.2, 0.25) is 0 Å². The summed E-state index contributed by atoms with van der Waals surface area (Å²) in [5.74, 6) is 0.596. The van der Waals surface area contributed by atoms with Crippen molar-refractivity contribution >= 4 is 27.5 Å². The van der Waals surface area contributed by atoms with Crippen LogP contribution in [0.5, 0.6) is 0 Å². The number of aliphatic hydroxyl groups excluding tert-OH is 1. The first-order valence-electron chi connectivity index (χ1n) is 5.81. The quantitative estimate of drug-likeness (QED) is 0.843. The van der Waals surface area contributed by atoms with Crippen LogP contribution in [0.15, 0.2) is 22.7 Å². The van der Waals surface area contributed by atoms with Crippen LogP contribution in [0.1, 0.15) is 19.4 Å². The van der Waals surface area contributed by atoms with Crippen molar-refractivity contribution in [2.24, 2.45) is 5.92 Å². The van der Waals surface area contributed by atoms with E-state index in [1.165, 1.54) is 0 Å². The summed E-state index contributed by atoms with van der Waals surface area (Å²) in [6.45, 7) is 5.81. The molecule has 1 unspecified atom stereocenters. The Labute approximate surface area is 117 Å². The van der Waals surface area contributed by atoms with Gasteiger partial charge in [0.1, 0.15) is 0 Å². The molecule has 0 amide bonds. The molecule has 1 aromatic rings. The molecule has 1 rings (SSSR count). The number of hydrogen-bond donors (Lipinski definition) is 2. The summed E-state index contributed by atoms with van der Waals surface area (Å²) in [6.07, 6.45) is 0.185. The minimum absolute atomic E-state index is 0.396. The molecule has 0 radical (unpaired) electrons. The van der Waals surface area contributed by atoms with E-state index in [1.54, 1.807) is 0 Å². The lowest BCUT2D eigenvalue weighted by molar-refractivity contribution is 0.170. The number of hydrogen-bond acceptors (Lipinski definition) is 2. The lowest BCUT2D eigenvalue weighted by Gasteiger charge is -2.14. The van der Waals surface area contributed by atoms with Gasteiger partial charge in [-0.15, -0.1) is 0 Å². The van der Waals surface area contributed by atoms with Gasteiger partial charge in [-0.05, 0) is 30.2 Å². The second kappa shape index (κ2) is 7.37. The van der Waals surface area contributed by atoms with Gasteiger partial charge >= 0.3 is 0 Å². The molecule has 4 heteroatoms. The molecule has 0 fully saturated rings. The van der Waals surface area contributed by atoms with E-state index in [0.29, 0.717) is 23.9 Å². The van der Waals surface area contributed by atoms with Gasteiger partial charge in [-0.2, -0.15) is 0 Å². The highest BCUT2D eigenvalue weighted by atomic mass is 79.9.